The summed E-state index contributed by atoms with van der Waals surface area (Å²) in [6.45, 7) is 7.11. The van der Waals surface area contributed by atoms with Crippen molar-refractivity contribution in [1.29, 1.82) is 0 Å². The van der Waals surface area contributed by atoms with Crippen molar-refractivity contribution in [3.63, 3.8) is 0 Å². The predicted octanol–water partition coefficient (Wildman–Crippen LogP) is 2.47. The number of carbonyl (C=O) groups is 1. The largest absolute Gasteiger partial charge is 0.508 e. The van der Waals surface area contributed by atoms with E-state index in [1.165, 1.54) is 6.92 Å². The van der Waals surface area contributed by atoms with Crippen LogP contribution in [0.2, 0.25) is 0 Å². The summed E-state index contributed by atoms with van der Waals surface area (Å²) in [6.07, 6.45) is 0.645. The maximum atomic E-state index is 10.8. The second kappa shape index (κ2) is 4.64. The first-order valence-corrected chi connectivity index (χ1v) is 4.73. The fourth-order valence-electron chi connectivity index (χ4n) is 1.32. The van der Waals surface area contributed by atoms with E-state index in [1.54, 1.807) is 18.2 Å². The highest BCUT2D eigenvalue weighted by atomic mass is 16.3. The number of hydrogen-bond donors (Lipinski definition) is 2. The van der Waals surface area contributed by atoms with Crippen LogP contribution in [-0.4, -0.2) is 11.0 Å². The van der Waals surface area contributed by atoms with E-state index in [0.29, 0.717) is 12.1 Å². The van der Waals surface area contributed by atoms with E-state index in [-0.39, 0.29) is 11.7 Å². The molecule has 0 spiro atoms. The summed E-state index contributed by atoms with van der Waals surface area (Å²) >= 11 is 0. The maximum absolute atomic E-state index is 10.8. The van der Waals surface area contributed by atoms with E-state index < -0.39 is 0 Å². The molecule has 0 aliphatic rings. The van der Waals surface area contributed by atoms with Crippen LogP contribution in [-0.2, 0) is 11.2 Å². The summed E-state index contributed by atoms with van der Waals surface area (Å²) in [7, 11) is 0. The van der Waals surface area contributed by atoms with E-state index in [0.717, 1.165) is 11.1 Å². The molecular formula is C12H15NO2. The minimum Gasteiger partial charge on any atom is -0.508 e. The van der Waals surface area contributed by atoms with Gasteiger partial charge in [-0.25, -0.2) is 0 Å². The number of phenolic OH excluding ortho intramolecular Hbond substituents is 1. The Hall–Kier alpha value is -1.77. The lowest BCUT2D eigenvalue weighted by molar-refractivity contribution is -0.114. The molecule has 1 rings (SSSR count). The second-order valence-electron chi connectivity index (χ2n) is 3.66. The summed E-state index contributed by atoms with van der Waals surface area (Å²) < 4.78 is 0. The molecule has 0 aliphatic heterocycles. The van der Waals surface area contributed by atoms with Crippen LogP contribution in [0.3, 0.4) is 0 Å². The zero-order valence-corrected chi connectivity index (χ0v) is 9.00. The third-order valence-electron chi connectivity index (χ3n) is 1.90. The SMILES string of the molecule is C=C(C)Cc1ccc(NC(C)=O)cc1O. The summed E-state index contributed by atoms with van der Waals surface area (Å²) in [4.78, 5) is 10.8. The average Bonchev–Trinajstić information content (AvgIpc) is 2.08. The van der Waals surface area contributed by atoms with Gasteiger partial charge >= 0.3 is 0 Å². The Balaban J connectivity index is 2.87. The molecule has 80 valence electrons. The van der Waals surface area contributed by atoms with Gasteiger partial charge < -0.3 is 10.4 Å². The molecule has 2 N–H and O–H groups in total. The number of phenols is 1. The van der Waals surface area contributed by atoms with Gasteiger partial charge in [0.2, 0.25) is 5.91 Å². The van der Waals surface area contributed by atoms with Crippen LogP contribution in [0.15, 0.2) is 30.4 Å². The highest BCUT2D eigenvalue weighted by molar-refractivity contribution is 5.88. The van der Waals surface area contributed by atoms with Crippen LogP contribution in [0.4, 0.5) is 5.69 Å². The number of rotatable bonds is 3. The molecule has 0 bridgehead atoms. The van der Waals surface area contributed by atoms with Crippen molar-refractivity contribution in [2.75, 3.05) is 5.32 Å². The third-order valence-corrected chi connectivity index (χ3v) is 1.90. The molecule has 0 aliphatic carbocycles. The van der Waals surface area contributed by atoms with Crippen molar-refractivity contribution in [1.82, 2.24) is 0 Å². The van der Waals surface area contributed by atoms with Gasteiger partial charge in [-0.3, -0.25) is 4.79 Å². The quantitative estimate of drug-likeness (QED) is 0.745. The van der Waals surface area contributed by atoms with Crippen molar-refractivity contribution in [3.8, 4) is 5.75 Å². The zero-order valence-electron chi connectivity index (χ0n) is 9.00. The first kappa shape index (κ1) is 11.3. The molecule has 1 aromatic carbocycles. The number of carbonyl (C=O) groups excluding carboxylic acids is 1. The molecular weight excluding hydrogens is 190 g/mol. The van der Waals surface area contributed by atoms with Gasteiger partial charge in [-0.15, -0.1) is 0 Å². The van der Waals surface area contributed by atoms with Gasteiger partial charge in [0.05, 0.1) is 0 Å². The number of amides is 1. The predicted molar refractivity (Wildman–Crippen MR) is 60.9 cm³/mol. The number of nitrogens with one attached hydrogen (secondary N) is 1. The van der Waals surface area contributed by atoms with Crippen molar-refractivity contribution < 1.29 is 9.90 Å². The van der Waals surface area contributed by atoms with Gasteiger partial charge in [0, 0.05) is 18.7 Å². The van der Waals surface area contributed by atoms with Crippen LogP contribution in [0.5, 0.6) is 5.75 Å². The van der Waals surface area contributed by atoms with Crippen LogP contribution < -0.4 is 5.32 Å². The first-order valence-electron chi connectivity index (χ1n) is 4.73. The fourth-order valence-corrected chi connectivity index (χ4v) is 1.32. The van der Waals surface area contributed by atoms with E-state index >= 15 is 0 Å². The van der Waals surface area contributed by atoms with Gasteiger partial charge in [0.25, 0.3) is 0 Å². The lowest BCUT2D eigenvalue weighted by Gasteiger charge is -2.07. The van der Waals surface area contributed by atoms with Crippen molar-refractivity contribution in [2.45, 2.75) is 20.3 Å². The summed E-state index contributed by atoms with van der Waals surface area (Å²) in [5.41, 5.74) is 2.40. The molecule has 0 saturated carbocycles. The highest BCUT2D eigenvalue weighted by Crippen LogP contribution is 2.23. The molecule has 0 heterocycles. The Bertz CT molecular complexity index is 397. The molecule has 1 amide bonds. The Labute approximate surface area is 89.4 Å². The number of allylic oxidation sites excluding steroid dienone is 1. The summed E-state index contributed by atoms with van der Waals surface area (Å²) in [5, 5.41) is 12.3. The number of aromatic hydroxyl groups is 1. The van der Waals surface area contributed by atoms with E-state index in [1.807, 2.05) is 6.92 Å². The fraction of sp³-hybridized carbons (Fsp3) is 0.250. The summed E-state index contributed by atoms with van der Waals surface area (Å²) in [6, 6.07) is 5.09. The zero-order chi connectivity index (χ0) is 11.4. The minimum atomic E-state index is -0.151. The standard InChI is InChI=1S/C12H15NO2/c1-8(2)6-10-4-5-11(7-12(10)15)13-9(3)14/h4-5,7,15H,1,6H2,2-3H3,(H,13,14). The van der Waals surface area contributed by atoms with Gasteiger partial charge in [-0.05, 0) is 25.0 Å². The molecule has 0 atom stereocenters. The van der Waals surface area contributed by atoms with Crippen LogP contribution >= 0.6 is 0 Å². The molecule has 15 heavy (non-hydrogen) atoms. The maximum Gasteiger partial charge on any atom is 0.221 e. The van der Waals surface area contributed by atoms with E-state index in [4.69, 9.17) is 0 Å². The Morgan fingerprint density at radius 1 is 1.47 bits per heavy atom. The van der Waals surface area contributed by atoms with E-state index in [9.17, 15) is 9.90 Å². The molecule has 0 unspecified atom stereocenters. The Morgan fingerprint density at radius 3 is 2.60 bits per heavy atom. The van der Waals surface area contributed by atoms with Crippen molar-refractivity contribution >= 4 is 11.6 Å². The van der Waals surface area contributed by atoms with Crippen LogP contribution in [0.25, 0.3) is 0 Å². The van der Waals surface area contributed by atoms with Crippen LogP contribution in [0.1, 0.15) is 19.4 Å². The molecule has 0 aromatic heterocycles. The summed E-state index contributed by atoms with van der Waals surface area (Å²) in [5.74, 6) is 0.0336. The minimum absolute atomic E-state index is 0.151. The monoisotopic (exact) mass is 205 g/mol. The topological polar surface area (TPSA) is 49.3 Å². The number of benzene rings is 1. The number of hydrogen-bond acceptors (Lipinski definition) is 2. The van der Waals surface area contributed by atoms with E-state index in [2.05, 4.69) is 11.9 Å². The molecule has 0 radical (unpaired) electrons. The Morgan fingerprint density at radius 2 is 2.13 bits per heavy atom. The van der Waals surface area contributed by atoms with Gasteiger partial charge in [0.15, 0.2) is 0 Å². The lowest BCUT2D eigenvalue weighted by Crippen LogP contribution is -2.05. The second-order valence-corrected chi connectivity index (χ2v) is 3.66. The molecule has 3 heteroatoms. The van der Waals surface area contributed by atoms with Crippen molar-refractivity contribution in [2.24, 2.45) is 0 Å². The van der Waals surface area contributed by atoms with Gasteiger partial charge in [-0.1, -0.05) is 18.2 Å². The Kier molecular flexibility index (Phi) is 3.50. The normalized spacial score (nSPS) is 9.73. The molecule has 0 saturated heterocycles. The third kappa shape index (κ3) is 3.46. The van der Waals surface area contributed by atoms with Crippen LogP contribution in [0, 0.1) is 0 Å². The average molecular weight is 205 g/mol. The molecule has 0 fully saturated rings. The number of anilines is 1. The molecule has 3 nitrogen and oxygen atoms in total. The first-order chi connectivity index (χ1) is 6.99. The van der Waals surface area contributed by atoms with Gasteiger partial charge in [0.1, 0.15) is 5.75 Å². The van der Waals surface area contributed by atoms with Gasteiger partial charge in [-0.2, -0.15) is 0 Å². The lowest BCUT2D eigenvalue weighted by atomic mass is 10.1. The smallest absolute Gasteiger partial charge is 0.221 e. The van der Waals surface area contributed by atoms with Crippen molar-refractivity contribution in [3.05, 3.63) is 35.9 Å². The highest BCUT2D eigenvalue weighted by Gasteiger charge is 2.03. The molecule has 1 aromatic rings.